The third kappa shape index (κ3) is 3.14. The first kappa shape index (κ1) is 15.0. The van der Waals surface area contributed by atoms with E-state index in [1.807, 2.05) is 13.0 Å². The van der Waals surface area contributed by atoms with Crippen molar-refractivity contribution in [3.8, 4) is 0 Å². The number of hydrogen-bond acceptors (Lipinski definition) is 2. The van der Waals surface area contributed by atoms with Gasteiger partial charge >= 0.3 is 0 Å². The van der Waals surface area contributed by atoms with Crippen LogP contribution < -0.4 is 5.32 Å². The average Bonchev–Trinajstić information content (AvgIpc) is 2.47. The van der Waals surface area contributed by atoms with E-state index in [9.17, 15) is 4.39 Å². The molecule has 2 aliphatic rings. The summed E-state index contributed by atoms with van der Waals surface area (Å²) < 4.78 is 13.3. The van der Waals surface area contributed by atoms with Crippen molar-refractivity contribution in [2.24, 2.45) is 0 Å². The molecule has 1 atom stereocenters. The highest BCUT2D eigenvalue weighted by Gasteiger charge is 2.41. The van der Waals surface area contributed by atoms with Crippen LogP contribution in [0.5, 0.6) is 0 Å². The van der Waals surface area contributed by atoms with Crippen molar-refractivity contribution in [2.75, 3.05) is 13.1 Å². The minimum Gasteiger partial charge on any atom is -0.311 e. The summed E-state index contributed by atoms with van der Waals surface area (Å²) in [5, 5.41) is 3.68. The highest BCUT2D eigenvalue weighted by atomic mass is 19.1. The molecular formula is C18H27FN2. The Labute approximate surface area is 127 Å². The highest BCUT2D eigenvalue weighted by Crippen LogP contribution is 2.36. The fourth-order valence-electron chi connectivity index (χ4n) is 4.04. The number of halogens is 1. The molecule has 2 nitrogen and oxygen atoms in total. The van der Waals surface area contributed by atoms with E-state index in [0.29, 0.717) is 11.6 Å². The lowest BCUT2D eigenvalue weighted by Crippen LogP contribution is -2.64. The van der Waals surface area contributed by atoms with Gasteiger partial charge in [0.1, 0.15) is 5.82 Å². The van der Waals surface area contributed by atoms with Gasteiger partial charge < -0.3 is 5.32 Å². The Morgan fingerprint density at radius 3 is 2.76 bits per heavy atom. The van der Waals surface area contributed by atoms with Gasteiger partial charge in [0.25, 0.3) is 0 Å². The van der Waals surface area contributed by atoms with Gasteiger partial charge in [0.15, 0.2) is 0 Å². The van der Waals surface area contributed by atoms with Crippen LogP contribution in [0.3, 0.4) is 0 Å². The highest BCUT2D eigenvalue weighted by molar-refractivity contribution is 5.27. The van der Waals surface area contributed by atoms with Crippen LogP contribution in [0.4, 0.5) is 4.39 Å². The van der Waals surface area contributed by atoms with E-state index in [0.717, 1.165) is 25.2 Å². The van der Waals surface area contributed by atoms with Gasteiger partial charge in [-0.1, -0.05) is 25.3 Å². The molecule has 2 fully saturated rings. The zero-order valence-electron chi connectivity index (χ0n) is 13.3. The Morgan fingerprint density at radius 1 is 1.29 bits per heavy atom. The molecule has 1 aromatic carbocycles. The summed E-state index contributed by atoms with van der Waals surface area (Å²) in [6.07, 6.45) is 6.66. The number of nitrogens with zero attached hydrogens (tertiary/aromatic N) is 1. The number of benzene rings is 1. The fourth-order valence-corrected chi connectivity index (χ4v) is 4.04. The molecule has 1 spiro atoms. The topological polar surface area (TPSA) is 15.3 Å². The summed E-state index contributed by atoms with van der Waals surface area (Å²) in [4.78, 5) is 2.67. The first-order valence-corrected chi connectivity index (χ1v) is 8.33. The minimum atomic E-state index is -0.127. The zero-order chi connectivity index (χ0) is 14.9. The van der Waals surface area contributed by atoms with Crippen molar-refractivity contribution >= 4 is 0 Å². The number of piperazine rings is 1. The Morgan fingerprint density at radius 2 is 2.05 bits per heavy atom. The van der Waals surface area contributed by atoms with E-state index in [2.05, 4.69) is 17.1 Å². The normalized spacial score (nSPS) is 26.1. The monoisotopic (exact) mass is 290 g/mol. The van der Waals surface area contributed by atoms with Gasteiger partial charge in [-0.3, -0.25) is 4.90 Å². The van der Waals surface area contributed by atoms with Crippen LogP contribution in [-0.4, -0.2) is 29.6 Å². The van der Waals surface area contributed by atoms with Gasteiger partial charge in [0, 0.05) is 31.2 Å². The zero-order valence-corrected chi connectivity index (χ0v) is 13.3. The van der Waals surface area contributed by atoms with Crippen LogP contribution in [0.25, 0.3) is 0 Å². The van der Waals surface area contributed by atoms with Gasteiger partial charge in [0.05, 0.1) is 0 Å². The smallest absolute Gasteiger partial charge is 0.123 e. The summed E-state index contributed by atoms with van der Waals surface area (Å²) in [5.41, 5.74) is 2.67. The van der Waals surface area contributed by atoms with E-state index in [1.165, 1.54) is 37.7 Å². The van der Waals surface area contributed by atoms with Crippen LogP contribution in [0.1, 0.15) is 50.2 Å². The van der Waals surface area contributed by atoms with E-state index in [4.69, 9.17) is 0 Å². The summed E-state index contributed by atoms with van der Waals surface area (Å²) in [5.74, 6) is -0.127. The van der Waals surface area contributed by atoms with E-state index in [1.54, 1.807) is 12.1 Å². The van der Waals surface area contributed by atoms with Gasteiger partial charge in [-0.15, -0.1) is 0 Å². The summed E-state index contributed by atoms with van der Waals surface area (Å²) >= 11 is 0. The van der Waals surface area contributed by atoms with Crippen LogP contribution in [-0.2, 0) is 6.54 Å². The first-order chi connectivity index (χ1) is 10.1. The van der Waals surface area contributed by atoms with Crippen molar-refractivity contribution in [1.29, 1.82) is 0 Å². The van der Waals surface area contributed by atoms with Crippen LogP contribution in [0.15, 0.2) is 18.2 Å². The summed E-state index contributed by atoms with van der Waals surface area (Å²) in [7, 11) is 0. The molecule has 21 heavy (non-hydrogen) atoms. The molecule has 1 unspecified atom stereocenters. The number of hydrogen-bond donors (Lipinski definition) is 1. The number of rotatable bonds is 2. The summed E-state index contributed by atoms with van der Waals surface area (Å²) in [6, 6.07) is 5.77. The van der Waals surface area contributed by atoms with Crippen LogP contribution in [0, 0.1) is 12.7 Å². The molecule has 1 N–H and O–H groups in total. The standard InChI is InChI=1S/C18H27FN2/c1-14-10-17(19)7-6-16(14)12-21-11-15(2)20-13-18(21)8-4-3-5-9-18/h6-7,10,15,20H,3-5,8-9,11-13H2,1-2H3. The number of nitrogens with one attached hydrogen (secondary N) is 1. The van der Waals surface area contributed by atoms with Crippen LogP contribution >= 0.6 is 0 Å². The second-order valence-electron chi connectivity index (χ2n) is 7.02. The van der Waals surface area contributed by atoms with Gasteiger partial charge in [-0.05, 0) is 49.9 Å². The predicted octanol–water partition coefficient (Wildman–Crippen LogP) is 3.63. The molecule has 1 aliphatic carbocycles. The van der Waals surface area contributed by atoms with Crippen molar-refractivity contribution in [2.45, 2.75) is 64.1 Å². The maximum Gasteiger partial charge on any atom is 0.123 e. The van der Waals surface area contributed by atoms with E-state index >= 15 is 0 Å². The Kier molecular flexibility index (Phi) is 4.32. The lowest BCUT2D eigenvalue weighted by molar-refractivity contribution is 0.00604. The third-order valence-electron chi connectivity index (χ3n) is 5.39. The van der Waals surface area contributed by atoms with Gasteiger partial charge in [-0.2, -0.15) is 0 Å². The third-order valence-corrected chi connectivity index (χ3v) is 5.39. The largest absolute Gasteiger partial charge is 0.311 e. The fraction of sp³-hybridized carbons (Fsp3) is 0.667. The molecule has 0 radical (unpaired) electrons. The van der Waals surface area contributed by atoms with E-state index in [-0.39, 0.29) is 5.82 Å². The van der Waals surface area contributed by atoms with Crippen molar-refractivity contribution < 1.29 is 4.39 Å². The number of aryl methyl sites for hydroxylation is 1. The second-order valence-corrected chi connectivity index (χ2v) is 7.02. The molecule has 1 saturated carbocycles. The maximum atomic E-state index is 13.3. The molecule has 1 aromatic rings. The molecule has 1 aliphatic heterocycles. The first-order valence-electron chi connectivity index (χ1n) is 8.33. The Bertz CT molecular complexity index is 494. The second kappa shape index (κ2) is 6.05. The molecule has 116 valence electrons. The van der Waals surface area contributed by atoms with Crippen LogP contribution in [0.2, 0.25) is 0 Å². The lowest BCUT2D eigenvalue weighted by atomic mass is 9.78. The molecule has 0 amide bonds. The Hall–Kier alpha value is -0.930. The maximum absolute atomic E-state index is 13.3. The average molecular weight is 290 g/mol. The molecular weight excluding hydrogens is 263 g/mol. The lowest BCUT2D eigenvalue weighted by Gasteiger charge is -2.52. The molecule has 0 aromatic heterocycles. The van der Waals surface area contributed by atoms with Gasteiger partial charge in [0.2, 0.25) is 0 Å². The molecule has 1 saturated heterocycles. The van der Waals surface area contributed by atoms with Crippen molar-refractivity contribution in [3.05, 3.63) is 35.1 Å². The van der Waals surface area contributed by atoms with E-state index < -0.39 is 0 Å². The predicted molar refractivity (Wildman–Crippen MR) is 84.8 cm³/mol. The van der Waals surface area contributed by atoms with Gasteiger partial charge in [-0.25, -0.2) is 4.39 Å². The van der Waals surface area contributed by atoms with Crippen molar-refractivity contribution in [3.63, 3.8) is 0 Å². The molecule has 1 heterocycles. The Balaban J connectivity index is 1.82. The molecule has 3 rings (SSSR count). The summed E-state index contributed by atoms with van der Waals surface area (Å²) in [6.45, 7) is 7.45. The minimum absolute atomic E-state index is 0.127. The van der Waals surface area contributed by atoms with Crippen molar-refractivity contribution in [1.82, 2.24) is 10.2 Å². The molecule has 0 bridgehead atoms. The molecule has 3 heteroatoms. The quantitative estimate of drug-likeness (QED) is 0.895. The SMILES string of the molecule is Cc1cc(F)ccc1CN1CC(C)NCC12CCCCC2.